The van der Waals surface area contributed by atoms with Crippen molar-refractivity contribution in [3.8, 4) is 11.1 Å². The number of hydrogen-bond acceptors (Lipinski definition) is 4. The van der Waals surface area contributed by atoms with Crippen molar-refractivity contribution in [2.75, 3.05) is 10.7 Å². The lowest BCUT2D eigenvalue weighted by Gasteiger charge is -2.05. The number of hydrogen-bond donors (Lipinski definition) is 2. The van der Waals surface area contributed by atoms with E-state index in [1.165, 1.54) is 0 Å². The first-order chi connectivity index (χ1) is 11.8. The SMILES string of the molecule is O=C1Nc2ccc(-c3ccncc3)cc2C1=NNc1ccccc1. The molecule has 0 aliphatic carbocycles. The maximum absolute atomic E-state index is 12.2. The second-order valence-electron chi connectivity index (χ2n) is 5.39. The molecule has 4 rings (SSSR count). The van der Waals surface area contributed by atoms with Crippen LogP contribution in [0.25, 0.3) is 11.1 Å². The van der Waals surface area contributed by atoms with E-state index in [-0.39, 0.29) is 5.91 Å². The average molecular weight is 314 g/mol. The van der Waals surface area contributed by atoms with Crippen molar-refractivity contribution in [3.63, 3.8) is 0 Å². The number of carbonyl (C=O) groups excluding carboxylic acids is 1. The van der Waals surface area contributed by atoms with Gasteiger partial charge in [0.05, 0.1) is 11.4 Å². The summed E-state index contributed by atoms with van der Waals surface area (Å²) in [5, 5.41) is 7.13. The van der Waals surface area contributed by atoms with Crippen LogP contribution in [-0.2, 0) is 4.79 Å². The number of aromatic nitrogens is 1. The second-order valence-corrected chi connectivity index (χ2v) is 5.39. The predicted octanol–water partition coefficient (Wildman–Crippen LogP) is 3.52. The molecule has 3 aromatic rings. The lowest BCUT2D eigenvalue weighted by atomic mass is 10.0. The quantitative estimate of drug-likeness (QED) is 0.727. The van der Waals surface area contributed by atoms with Crippen LogP contribution in [0.5, 0.6) is 0 Å². The van der Waals surface area contributed by atoms with E-state index in [9.17, 15) is 4.79 Å². The van der Waals surface area contributed by atoms with Gasteiger partial charge in [-0.2, -0.15) is 5.10 Å². The zero-order valence-electron chi connectivity index (χ0n) is 12.7. The summed E-state index contributed by atoms with van der Waals surface area (Å²) in [4.78, 5) is 16.2. The highest BCUT2D eigenvalue weighted by atomic mass is 16.2. The third-order valence-electron chi connectivity index (χ3n) is 3.82. The van der Waals surface area contributed by atoms with Gasteiger partial charge in [-0.25, -0.2) is 0 Å². The third kappa shape index (κ3) is 2.63. The van der Waals surface area contributed by atoms with Gasteiger partial charge in [0.2, 0.25) is 0 Å². The molecular weight excluding hydrogens is 300 g/mol. The Hall–Kier alpha value is -3.47. The molecule has 2 aromatic carbocycles. The summed E-state index contributed by atoms with van der Waals surface area (Å²) < 4.78 is 0. The number of fused-ring (bicyclic) bond motifs is 1. The average Bonchev–Trinajstić information content (AvgIpc) is 2.96. The second kappa shape index (κ2) is 5.96. The maximum Gasteiger partial charge on any atom is 0.276 e. The Bertz CT molecular complexity index is 921. The van der Waals surface area contributed by atoms with E-state index in [0.29, 0.717) is 5.71 Å². The van der Waals surface area contributed by atoms with Crippen molar-refractivity contribution in [1.29, 1.82) is 0 Å². The van der Waals surface area contributed by atoms with Gasteiger partial charge < -0.3 is 5.32 Å². The molecule has 5 nitrogen and oxygen atoms in total. The Kier molecular flexibility index (Phi) is 3.51. The molecule has 1 aliphatic heterocycles. The molecule has 1 amide bonds. The number of pyridine rings is 1. The van der Waals surface area contributed by atoms with Crippen LogP contribution >= 0.6 is 0 Å². The lowest BCUT2D eigenvalue weighted by molar-refractivity contribution is -0.110. The van der Waals surface area contributed by atoms with Crippen LogP contribution in [0.4, 0.5) is 11.4 Å². The van der Waals surface area contributed by atoms with E-state index >= 15 is 0 Å². The molecule has 24 heavy (non-hydrogen) atoms. The van der Waals surface area contributed by atoms with Gasteiger partial charge in [0, 0.05) is 18.0 Å². The number of para-hydroxylation sites is 1. The van der Waals surface area contributed by atoms with Crippen molar-refractivity contribution >= 4 is 23.0 Å². The molecule has 116 valence electrons. The molecule has 5 heteroatoms. The molecule has 1 aliphatic rings. The molecule has 0 fully saturated rings. The summed E-state index contributed by atoms with van der Waals surface area (Å²) in [7, 11) is 0. The smallest absolute Gasteiger partial charge is 0.276 e. The minimum absolute atomic E-state index is 0.208. The van der Waals surface area contributed by atoms with Gasteiger partial charge in [0.15, 0.2) is 5.71 Å². The van der Waals surface area contributed by atoms with Crippen molar-refractivity contribution < 1.29 is 4.79 Å². The van der Waals surface area contributed by atoms with Crippen LogP contribution in [-0.4, -0.2) is 16.6 Å². The van der Waals surface area contributed by atoms with E-state index in [4.69, 9.17) is 0 Å². The van der Waals surface area contributed by atoms with E-state index in [2.05, 4.69) is 20.8 Å². The Morgan fingerprint density at radius 2 is 1.71 bits per heavy atom. The Morgan fingerprint density at radius 3 is 2.50 bits per heavy atom. The largest absolute Gasteiger partial charge is 0.320 e. The Labute approximate surface area is 139 Å². The topological polar surface area (TPSA) is 66.4 Å². The summed E-state index contributed by atoms with van der Waals surface area (Å²) in [6.45, 7) is 0. The third-order valence-corrected chi connectivity index (χ3v) is 3.82. The Morgan fingerprint density at radius 1 is 0.917 bits per heavy atom. The van der Waals surface area contributed by atoms with Crippen molar-refractivity contribution in [2.45, 2.75) is 0 Å². The minimum Gasteiger partial charge on any atom is -0.320 e. The summed E-state index contributed by atoms with van der Waals surface area (Å²) in [6, 6.07) is 19.2. The van der Waals surface area contributed by atoms with Crippen LogP contribution in [0.2, 0.25) is 0 Å². The normalized spacial score (nSPS) is 14.3. The summed E-state index contributed by atoms with van der Waals surface area (Å²) in [5.74, 6) is -0.208. The number of carbonyl (C=O) groups is 1. The van der Waals surface area contributed by atoms with Gasteiger partial charge in [-0.3, -0.25) is 15.2 Å². The number of nitrogens with one attached hydrogen (secondary N) is 2. The number of anilines is 2. The Balaban J connectivity index is 1.70. The first-order valence-electron chi connectivity index (χ1n) is 7.56. The van der Waals surface area contributed by atoms with Gasteiger partial charge >= 0.3 is 0 Å². The number of amides is 1. The van der Waals surface area contributed by atoms with Crippen molar-refractivity contribution in [2.24, 2.45) is 5.10 Å². The fraction of sp³-hybridized carbons (Fsp3) is 0. The van der Waals surface area contributed by atoms with Crippen molar-refractivity contribution in [3.05, 3.63) is 78.6 Å². The van der Waals surface area contributed by atoms with Gasteiger partial charge in [-0.15, -0.1) is 0 Å². The van der Waals surface area contributed by atoms with Gasteiger partial charge in [0.1, 0.15) is 0 Å². The number of benzene rings is 2. The first kappa shape index (κ1) is 14.1. The highest BCUT2D eigenvalue weighted by molar-refractivity contribution is 6.54. The van der Waals surface area contributed by atoms with Crippen LogP contribution in [0.3, 0.4) is 0 Å². The van der Waals surface area contributed by atoms with Gasteiger partial charge in [-0.1, -0.05) is 24.3 Å². The molecule has 2 N–H and O–H groups in total. The molecule has 0 unspecified atom stereocenters. The van der Waals surface area contributed by atoms with Gasteiger partial charge in [-0.05, 0) is 47.5 Å². The van der Waals surface area contributed by atoms with Crippen LogP contribution in [0.15, 0.2) is 78.2 Å². The van der Waals surface area contributed by atoms with Crippen LogP contribution < -0.4 is 10.7 Å². The van der Waals surface area contributed by atoms with Crippen molar-refractivity contribution in [1.82, 2.24) is 4.98 Å². The molecular formula is C19H14N4O. The summed E-state index contributed by atoms with van der Waals surface area (Å²) >= 11 is 0. The van der Waals surface area contributed by atoms with Gasteiger partial charge in [0.25, 0.3) is 5.91 Å². The molecule has 0 atom stereocenters. The van der Waals surface area contributed by atoms with E-state index in [1.807, 2.05) is 60.7 Å². The zero-order chi connectivity index (χ0) is 16.4. The number of nitrogens with zero attached hydrogens (tertiary/aromatic N) is 2. The molecule has 0 spiro atoms. The molecule has 0 saturated heterocycles. The minimum atomic E-state index is -0.208. The highest BCUT2D eigenvalue weighted by Crippen LogP contribution is 2.29. The maximum atomic E-state index is 12.2. The van der Waals surface area contributed by atoms with Crippen LogP contribution in [0.1, 0.15) is 5.56 Å². The fourth-order valence-corrected chi connectivity index (χ4v) is 2.62. The molecule has 0 saturated carbocycles. The first-order valence-corrected chi connectivity index (χ1v) is 7.56. The number of rotatable bonds is 3. The van der Waals surface area contributed by atoms with E-state index in [0.717, 1.165) is 28.1 Å². The zero-order valence-corrected chi connectivity index (χ0v) is 12.7. The summed E-state index contributed by atoms with van der Waals surface area (Å²) in [6.07, 6.45) is 3.50. The molecule has 0 radical (unpaired) electrons. The van der Waals surface area contributed by atoms with Crippen LogP contribution in [0, 0.1) is 0 Å². The fourth-order valence-electron chi connectivity index (χ4n) is 2.62. The highest BCUT2D eigenvalue weighted by Gasteiger charge is 2.26. The number of hydrazone groups is 1. The molecule has 2 heterocycles. The monoisotopic (exact) mass is 314 g/mol. The lowest BCUT2D eigenvalue weighted by Crippen LogP contribution is -2.15. The predicted molar refractivity (Wildman–Crippen MR) is 94.9 cm³/mol. The summed E-state index contributed by atoms with van der Waals surface area (Å²) in [5.41, 5.74) is 7.76. The molecule has 0 bridgehead atoms. The van der Waals surface area contributed by atoms with E-state index in [1.54, 1.807) is 12.4 Å². The van der Waals surface area contributed by atoms with E-state index < -0.39 is 0 Å². The molecule has 1 aromatic heterocycles. The standard InChI is InChI=1S/C19H14N4O/c24-19-18(23-22-15-4-2-1-3-5-15)16-12-14(6-7-17(16)21-19)13-8-10-20-11-9-13/h1-12,22H,(H,21,23,24).